The molecule has 1 heterocycles. The maximum atomic E-state index is 15.7. The number of alkyl halides is 1. The highest BCUT2D eigenvalue weighted by Crippen LogP contribution is 2.31. The van der Waals surface area contributed by atoms with Gasteiger partial charge in [0.1, 0.15) is 5.82 Å². The Bertz CT molecular complexity index is 1350. The summed E-state index contributed by atoms with van der Waals surface area (Å²) in [5, 5.41) is 23.4. The summed E-state index contributed by atoms with van der Waals surface area (Å²) >= 11 is 5.88. The van der Waals surface area contributed by atoms with E-state index in [1.54, 1.807) is 60.8 Å². The number of carboxylic acids is 1. The number of oxime groups is 1. The highest BCUT2D eigenvalue weighted by Gasteiger charge is 2.41. The van der Waals surface area contributed by atoms with Crippen molar-refractivity contribution in [3.8, 4) is 11.1 Å². The summed E-state index contributed by atoms with van der Waals surface area (Å²) in [4.78, 5) is 14.9. The molecule has 8 heteroatoms. The molecule has 3 N–H and O–H groups in total. The van der Waals surface area contributed by atoms with E-state index in [-0.39, 0.29) is 5.56 Å². The van der Waals surface area contributed by atoms with Gasteiger partial charge in [-0.25, -0.2) is 13.6 Å². The van der Waals surface area contributed by atoms with Crippen LogP contribution in [-0.4, -0.2) is 32.6 Å². The van der Waals surface area contributed by atoms with Crippen molar-refractivity contribution in [2.45, 2.75) is 18.5 Å². The number of aromatic nitrogens is 1. The number of para-hydroxylation sites is 1. The highest BCUT2D eigenvalue weighted by atomic mass is 35.5. The Morgan fingerprint density at radius 1 is 1.06 bits per heavy atom. The second-order valence-electron chi connectivity index (χ2n) is 7.73. The number of aromatic amines is 1. The van der Waals surface area contributed by atoms with Crippen molar-refractivity contribution in [2.75, 3.05) is 0 Å². The lowest BCUT2D eigenvalue weighted by atomic mass is 9.88. The molecule has 0 amide bonds. The van der Waals surface area contributed by atoms with E-state index in [1.807, 2.05) is 0 Å². The normalized spacial score (nSPS) is 13.7. The van der Waals surface area contributed by atoms with Crippen LogP contribution < -0.4 is 0 Å². The van der Waals surface area contributed by atoms with Gasteiger partial charge in [-0.15, -0.1) is 0 Å². The lowest BCUT2D eigenvalue weighted by Crippen LogP contribution is -2.39. The van der Waals surface area contributed by atoms with Gasteiger partial charge in [0.2, 0.25) is 5.67 Å². The number of hydrogen-bond donors (Lipinski definition) is 3. The first kappa shape index (κ1) is 22.5. The first-order valence-electron chi connectivity index (χ1n) is 10.0. The molecule has 33 heavy (non-hydrogen) atoms. The molecule has 1 aromatic heterocycles. The second kappa shape index (κ2) is 9.03. The Morgan fingerprint density at radius 2 is 1.76 bits per heavy atom. The molecule has 0 saturated heterocycles. The monoisotopic (exact) mass is 468 g/mol. The summed E-state index contributed by atoms with van der Waals surface area (Å²) in [6.07, 6.45) is 0.227. The number of carboxylic acid groups (broad SMARTS) is 1. The molecule has 0 aliphatic carbocycles. The number of aliphatic carboxylic acids is 1. The van der Waals surface area contributed by atoms with Gasteiger partial charge in [0.05, 0.1) is 5.71 Å². The summed E-state index contributed by atoms with van der Waals surface area (Å²) in [6.45, 7) is 0. The number of nitrogens with zero attached hydrogens (tertiary/aromatic N) is 1. The van der Waals surface area contributed by atoms with Gasteiger partial charge in [-0.05, 0) is 47.0 Å². The Kier molecular flexibility index (Phi) is 6.16. The van der Waals surface area contributed by atoms with Crippen LogP contribution in [0.4, 0.5) is 8.78 Å². The van der Waals surface area contributed by atoms with E-state index in [1.165, 1.54) is 12.1 Å². The van der Waals surface area contributed by atoms with Crippen LogP contribution in [0.1, 0.15) is 17.5 Å². The van der Waals surface area contributed by atoms with Crippen LogP contribution >= 0.6 is 11.6 Å². The van der Waals surface area contributed by atoms with Gasteiger partial charge in [0.15, 0.2) is 0 Å². The first-order valence-corrected chi connectivity index (χ1v) is 10.4. The quantitative estimate of drug-likeness (QED) is 0.171. The predicted molar refractivity (Wildman–Crippen MR) is 123 cm³/mol. The van der Waals surface area contributed by atoms with Gasteiger partial charge >= 0.3 is 5.97 Å². The van der Waals surface area contributed by atoms with Crippen LogP contribution in [0.15, 0.2) is 78.1 Å². The first-order chi connectivity index (χ1) is 15.8. The molecule has 0 aliphatic heterocycles. The van der Waals surface area contributed by atoms with Gasteiger partial charge in [-0.1, -0.05) is 53.2 Å². The molecule has 0 radical (unpaired) electrons. The van der Waals surface area contributed by atoms with E-state index >= 15 is 4.39 Å². The molecule has 4 aromatic rings. The van der Waals surface area contributed by atoms with Crippen LogP contribution in [0, 0.1) is 5.82 Å². The number of carbonyl (C=O) groups is 1. The third-order valence-corrected chi connectivity index (χ3v) is 5.81. The number of hydrogen-bond acceptors (Lipinski definition) is 3. The molecule has 1 atom stereocenters. The van der Waals surface area contributed by atoms with Gasteiger partial charge in [-0.2, -0.15) is 0 Å². The third kappa shape index (κ3) is 4.59. The van der Waals surface area contributed by atoms with Gasteiger partial charge < -0.3 is 15.3 Å². The summed E-state index contributed by atoms with van der Waals surface area (Å²) in [6, 6.07) is 18.0. The van der Waals surface area contributed by atoms with Crippen molar-refractivity contribution in [2.24, 2.45) is 5.16 Å². The molecule has 1 unspecified atom stereocenters. The lowest BCUT2D eigenvalue weighted by molar-refractivity contribution is -0.150. The van der Waals surface area contributed by atoms with E-state index in [0.717, 1.165) is 5.52 Å². The summed E-state index contributed by atoms with van der Waals surface area (Å²) < 4.78 is 30.6. The summed E-state index contributed by atoms with van der Waals surface area (Å²) in [5.74, 6) is -2.50. The zero-order valence-corrected chi connectivity index (χ0v) is 18.0. The fourth-order valence-electron chi connectivity index (χ4n) is 3.81. The number of rotatable bonds is 7. The molecule has 0 aliphatic rings. The molecule has 0 spiro atoms. The second-order valence-corrected chi connectivity index (χ2v) is 8.17. The minimum atomic E-state index is -2.83. The van der Waals surface area contributed by atoms with Crippen LogP contribution in [0.25, 0.3) is 22.0 Å². The van der Waals surface area contributed by atoms with Crippen LogP contribution in [0.3, 0.4) is 0 Å². The number of halogens is 3. The molecule has 4 rings (SSSR count). The molecule has 3 aromatic carbocycles. The minimum Gasteiger partial charge on any atom is -0.479 e. The van der Waals surface area contributed by atoms with Crippen molar-refractivity contribution in [1.82, 2.24) is 4.98 Å². The van der Waals surface area contributed by atoms with E-state index in [9.17, 15) is 19.5 Å². The van der Waals surface area contributed by atoms with Gasteiger partial charge in [0, 0.05) is 40.5 Å². The SMILES string of the molecule is O=C(O)C(F)(C/C(=N\O)c1ccc(-c2ccc(Cl)cc2)cc1F)Cc1c[nH]c2ccccc12. The van der Waals surface area contributed by atoms with Gasteiger partial charge in [0.25, 0.3) is 0 Å². The smallest absolute Gasteiger partial charge is 0.342 e. The molecule has 0 bridgehead atoms. The van der Waals surface area contributed by atoms with E-state index in [2.05, 4.69) is 10.1 Å². The van der Waals surface area contributed by atoms with Crippen molar-refractivity contribution in [3.05, 3.63) is 94.9 Å². The fraction of sp³-hybridized carbons (Fsp3) is 0.120. The summed E-state index contributed by atoms with van der Waals surface area (Å²) in [5.41, 5.74) is -0.983. The highest BCUT2D eigenvalue weighted by molar-refractivity contribution is 6.30. The van der Waals surface area contributed by atoms with Crippen molar-refractivity contribution >= 4 is 34.2 Å². The number of benzene rings is 3. The van der Waals surface area contributed by atoms with Crippen molar-refractivity contribution in [1.29, 1.82) is 0 Å². The predicted octanol–water partition coefficient (Wildman–Crippen LogP) is 6.23. The Labute approximate surface area is 192 Å². The largest absolute Gasteiger partial charge is 0.479 e. The molecule has 0 saturated carbocycles. The maximum absolute atomic E-state index is 15.7. The standard InChI is InChI=1S/C25H19ClF2N2O3/c26-18-8-5-15(6-9-18)16-7-10-20(21(27)11-16)23(30-33)13-25(28,24(31)32)12-17-14-29-22-4-2-1-3-19(17)22/h1-11,14,29,33H,12-13H2,(H,31,32)/b30-23+. The van der Waals surface area contributed by atoms with Crippen LogP contribution in [-0.2, 0) is 11.2 Å². The Hall–Kier alpha value is -3.71. The molecule has 168 valence electrons. The average Bonchev–Trinajstić information content (AvgIpc) is 3.20. The molecule has 5 nitrogen and oxygen atoms in total. The maximum Gasteiger partial charge on any atom is 0.342 e. The topological polar surface area (TPSA) is 85.7 Å². The number of nitrogens with one attached hydrogen (secondary N) is 1. The van der Waals surface area contributed by atoms with Crippen LogP contribution in [0.2, 0.25) is 5.02 Å². The van der Waals surface area contributed by atoms with Gasteiger partial charge in [-0.3, -0.25) is 0 Å². The van der Waals surface area contributed by atoms with Crippen molar-refractivity contribution in [3.63, 3.8) is 0 Å². The third-order valence-electron chi connectivity index (χ3n) is 5.55. The Balaban J connectivity index is 1.63. The lowest BCUT2D eigenvalue weighted by Gasteiger charge is -2.21. The van der Waals surface area contributed by atoms with E-state index in [4.69, 9.17) is 11.6 Å². The number of fused-ring (bicyclic) bond motifs is 1. The minimum absolute atomic E-state index is 0.183. The zero-order valence-electron chi connectivity index (χ0n) is 17.2. The summed E-state index contributed by atoms with van der Waals surface area (Å²) in [7, 11) is 0. The number of H-pyrrole nitrogens is 1. The average molecular weight is 469 g/mol. The molecular weight excluding hydrogens is 450 g/mol. The fourth-order valence-corrected chi connectivity index (χ4v) is 3.94. The van der Waals surface area contributed by atoms with E-state index < -0.39 is 36.0 Å². The molecule has 0 fully saturated rings. The zero-order chi connectivity index (χ0) is 23.6. The molecular formula is C25H19ClF2N2O3. The van der Waals surface area contributed by atoms with Crippen molar-refractivity contribution < 1.29 is 23.9 Å². The van der Waals surface area contributed by atoms with Crippen LogP contribution in [0.5, 0.6) is 0 Å². The van der Waals surface area contributed by atoms with E-state index in [0.29, 0.717) is 27.1 Å². The Morgan fingerprint density at radius 3 is 2.42 bits per heavy atom.